The molecular formula is C25H22N4O3. The molecule has 4 aromatic rings. The van der Waals surface area contributed by atoms with Crippen LogP contribution in [-0.2, 0) is 5.41 Å². The highest BCUT2D eigenvalue weighted by Gasteiger charge is 2.44. The fourth-order valence-electron chi connectivity index (χ4n) is 4.15. The number of pyridine rings is 2. The van der Waals surface area contributed by atoms with E-state index in [9.17, 15) is 10.4 Å². The lowest BCUT2D eigenvalue weighted by Gasteiger charge is -2.10. The van der Waals surface area contributed by atoms with Crippen LogP contribution in [0.15, 0.2) is 48.8 Å². The van der Waals surface area contributed by atoms with Crippen molar-refractivity contribution in [2.24, 2.45) is 0 Å². The zero-order chi connectivity index (χ0) is 22.5. The zero-order valence-corrected chi connectivity index (χ0v) is 18.1. The number of methoxy groups -OCH3 is 2. The maximum absolute atomic E-state index is 11.0. The van der Waals surface area contributed by atoms with E-state index in [1.165, 1.54) is 0 Å². The van der Waals surface area contributed by atoms with Crippen LogP contribution in [0.4, 0.5) is 0 Å². The van der Waals surface area contributed by atoms with Gasteiger partial charge in [-0.15, -0.1) is 0 Å². The van der Waals surface area contributed by atoms with Crippen molar-refractivity contribution < 1.29 is 14.6 Å². The van der Waals surface area contributed by atoms with Gasteiger partial charge in [0.05, 0.1) is 42.3 Å². The average Bonchev–Trinajstić information content (AvgIpc) is 3.56. The van der Waals surface area contributed by atoms with Crippen molar-refractivity contribution in [2.45, 2.75) is 25.2 Å². The van der Waals surface area contributed by atoms with E-state index >= 15 is 0 Å². The molecule has 3 heterocycles. The van der Waals surface area contributed by atoms with Crippen LogP contribution in [0.25, 0.3) is 27.8 Å². The number of benzene rings is 1. The number of rotatable bonds is 5. The van der Waals surface area contributed by atoms with E-state index in [4.69, 9.17) is 14.5 Å². The number of nitrogens with zero attached hydrogens (tertiary/aromatic N) is 4. The Morgan fingerprint density at radius 1 is 1.16 bits per heavy atom. The molecule has 0 radical (unpaired) electrons. The van der Waals surface area contributed by atoms with E-state index in [0.29, 0.717) is 22.5 Å². The second kappa shape index (κ2) is 7.27. The molecule has 0 amide bonds. The maximum atomic E-state index is 11.0. The van der Waals surface area contributed by atoms with E-state index in [-0.39, 0.29) is 11.3 Å². The molecular weight excluding hydrogens is 404 g/mol. The quantitative estimate of drug-likeness (QED) is 0.498. The minimum absolute atomic E-state index is 0.126. The van der Waals surface area contributed by atoms with Gasteiger partial charge in [-0.05, 0) is 55.2 Å². The van der Waals surface area contributed by atoms with Crippen molar-refractivity contribution in [2.75, 3.05) is 14.2 Å². The van der Waals surface area contributed by atoms with Gasteiger partial charge in [0.1, 0.15) is 0 Å². The minimum Gasteiger partial charge on any atom is -0.494 e. The van der Waals surface area contributed by atoms with Crippen LogP contribution in [0.3, 0.4) is 0 Å². The molecule has 3 aromatic heterocycles. The summed E-state index contributed by atoms with van der Waals surface area (Å²) in [5.41, 5.74) is 4.45. The van der Waals surface area contributed by atoms with Gasteiger partial charge in [-0.2, -0.15) is 5.26 Å². The van der Waals surface area contributed by atoms with Gasteiger partial charge in [-0.3, -0.25) is 4.57 Å². The zero-order valence-electron chi connectivity index (χ0n) is 18.1. The lowest BCUT2D eigenvalue weighted by molar-refractivity contribution is 0.343. The molecule has 7 heteroatoms. The van der Waals surface area contributed by atoms with Gasteiger partial charge < -0.3 is 14.6 Å². The molecule has 5 rings (SSSR count). The standard InChI is InChI=1S/C25H22N4O3/c1-15-9-19(16-10-21(31-2)23(32-3)27-12-16)28-20-13-29(24(30)22(15)20)18-6-4-5-17(11-18)25(14-26)7-8-25/h4-6,9-13,30H,7-8H2,1-3H3. The summed E-state index contributed by atoms with van der Waals surface area (Å²) in [6, 6.07) is 14.0. The molecule has 7 nitrogen and oxygen atoms in total. The molecule has 1 saturated carbocycles. The highest BCUT2D eigenvalue weighted by atomic mass is 16.5. The Hall–Kier alpha value is -4.05. The first-order chi connectivity index (χ1) is 15.5. The number of aromatic hydroxyl groups is 1. The monoisotopic (exact) mass is 426 g/mol. The van der Waals surface area contributed by atoms with E-state index < -0.39 is 0 Å². The van der Waals surface area contributed by atoms with E-state index in [0.717, 1.165) is 40.9 Å². The molecule has 0 saturated heterocycles. The topological polar surface area (TPSA) is 93.2 Å². The second-order valence-electron chi connectivity index (χ2n) is 8.09. The molecule has 160 valence electrons. The Balaban J connectivity index is 1.62. The van der Waals surface area contributed by atoms with E-state index in [2.05, 4.69) is 11.1 Å². The van der Waals surface area contributed by atoms with Gasteiger partial charge in [0.2, 0.25) is 5.88 Å². The van der Waals surface area contributed by atoms with Crippen molar-refractivity contribution in [3.05, 3.63) is 59.9 Å². The van der Waals surface area contributed by atoms with Crippen LogP contribution in [0, 0.1) is 18.3 Å². The highest BCUT2D eigenvalue weighted by molar-refractivity contribution is 5.90. The molecule has 1 fully saturated rings. The third-order valence-corrected chi connectivity index (χ3v) is 6.12. The molecule has 0 aliphatic heterocycles. The van der Waals surface area contributed by atoms with E-state index in [1.807, 2.05) is 49.5 Å². The molecule has 0 spiro atoms. The van der Waals surface area contributed by atoms with Gasteiger partial charge in [-0.1, -0.05) is 12.1 Å². The third kappa shape index (κ3) is 3.04. The number of fused-ring (bicyclic) bond motifs is 1. The first kappa shape index (κ1) is 19.9. The van der Waals surface area contributed by atoms with Crippen LogP contribution in [0.5, 0.6) is 17.5 Å². The largest absolute Gasteiger partial charge is 0.494 e. The first-order valence-electron chi connectivity index (χ1n) is 10.3. The van der Waals surface area contributed by atoms with Crippen molar-refractivity contribution in [1.82, 2.24) is 14.5 Å². The lowest BCUT2D eigenvalue weighted by atomic mass is 9.97. The van der Waals surface area contributed by atoms with Crippen molar-refractivity contribution in [3.63, 3.8) is 0 Å². The number of ether oxygens (including phenoxy) is 2. The smallest absolute Gasteiger partial charge is 0.256 e. The Morgan fingerprint density at radius 3 is 2.66 bits per heavy atom. The Labute approximate surface area is 185 Å². The summed E-state index contributed by atoms with van der Waals surface area (Å²) in [6.07, 6.45) is 5.25. The number of aryl methyl sites for hydroxylation is 1. The van der Waals surface area contributed by atoms with Crippen molar-refractivity contribution >= 4 is 10.9 Å². The number of aromatic nitrogens is 3. The van der Waals surface area contributed by atoms with Crippen molar-refractivity contribution in [3.8, 4) is 40.5 Å². The fraction of sp³-hybridized carbons (Fsp3) is 0.240. The molecule has 32 heavy (non-hydrogen) atoms. The van der Waals surface area contributed by atoms with E-state index in [1.54, 1.807) is 25.0 Å². The molecule has 0 unspecified atom stereocenters. The molecule has 0 bridgehead atoms. The predicted molar refractivity (Wildman–Crippen MR) is 120 cm³/mol. The molecule has 0 atom stereocenters. The predicted octanol–water partition coefficient (Wildman–Crippen LogP) is 4.67. The fourth-order valence-corrected chi connectivity index (χ4v) is 4.15. The normalized spacial score (nSPS) is 14.2. The summed E-state index contributed by atoms with van der Waals surface area (Å²) >= 11 is 0. The molecule has 1 aromatic carbocycles. The summed E-state index contributed by atoms with van der Waals surface area (Å²) in [4.78, 5) is 9.08. The SMILES string of the molecule is COc1cc(-c2cc(C)c3c(O)n(-c4cccc(C5(C#N)CC5)c4)cc3n2)cnc1OC. The molecule has 1 aliphatic rings. The average molecular weight is 426 g/mol. The van der Waals surface area contributed by atoms with Gasteiger partial charge >= 0.3 is 0 Å². The summed E-state index contributed by atoms with van der Waals surface area (Å²) < 4.78 is 12.3. The maximum Gasteiger partial charge on any atom is 0.256 e. The van der Waals surface area contributed by atoms with Crippen LogP contribution >= 0.6 is 0 Å². The van der Waals surface area contributed by atoms with Crippen LogP contribution in [-0.4, -0.2) is 33.9 Å². The third-order valence-electron chi connectivity index (χ3n) is 6.12. The van der Waals surface area contributed by atoms with Gasteiger partial charge in [0, 0.05) is 23.6 Å². The van der Waals surface area contributed by atoms with Gasteiger partial charge in [0.15, 0.2) is 5.75 Å². The second-order valence-corrected chi connectivity index (χ2v) is 8.09. The van der Waals surface area contributed by atoms with Crippen molar-refractivity contribution in [1.29, 1.82) is 5.26 Å². The Kier molecular flexibility index (Phi) is 4.52. The Morgan fingerprint density at radius 2 is 1.97 bits per heavy atom. The summed E-state index contributed by atoms with van der Waals surface area (Å²) in [5.74, 6) is 1.05. The lowest BCUT2D eigenvalue weighted by Crippen LogP contribution is -2.03. The number of nitriles is 1. The minimum atomic E-state index is -0.389. The highest BCUT2D eigenvalue weighted by Crippen LogP contribution is 2.48. The van der Waals surface area contributed by atoms with Crippen LogP contribution in [0.2, 0.25) is 0 Å². The van der Waals surface area contributed by atoms with Crippen LogP contribution < -0.4 is 9.47 Å². The summed E-state index contributed by atoms with van der Waals surface area (Å²) in [5, 5.41) is 21.2. The molecule has 1 N–H and O–H groups in total. The first-order valence-corrected chi connectivity index (χ1v) is 10.3. The van der Waals surface area contributed by atoms with Crippen LogP contribution in [0.1, 0.15) is 24.0 Å². The summed E-state index contributed by atoms with van der Waals surface area (Å²) in [7, 11) is 3.11. The Bertz CT molecular complexity index is 1400. The number of hydrogen-bond donors (Lipinski definition) is 1. The summed E-state index contributed by atoms with van der Waals surface area (Å²) in [6.45, 7) is 1.94. The molecule has 1 aliphatic carbocycles. The van der Waals surface area contributed by atoms with Gasteiger partial charge in [0.25, 0.3) is 5.88 Å². The van der Waals surface area contributed by atoms with Gasteiger partial charge in [-0.25, -0.2) is 9.97 Å². The number of hydrogen-bond acceptors (Lipinski definition) is 6.